The average Bonchev–Trinajstić information content (AvgIpc) is 3.72. The number of fused-ring (bicyclic) bond motifs is 2. The highest BCUT2D eigenvalue weighted by atomic mass is 32.2. The summed E-state index contributed by atoms with van der Waals surface area (Å²) in [4.78, 5) is 19.0. The maximum absolute atomic E-state index is 13.2. The lowest BCUT2D eigenvalue weighted by Gasteiger charge is -2.28. The Morgan fingerprint density at radius 2 is 1.11 bits per heavy atom. The molecular weight excluding hydrogens is 755 g/mol. The number of H-pyrrole nitrogens is 2. The van der Waals surface area contributed by atoms with Crippen LogP contribution in [0, 0.1) is 0 Å². The molecule has 54 heavy (non-hydrogen) atoms. The molecule has 2 aliphatic heterocycles. The maximum Gasteiger partial charge on any atom is 0.534 e. The van der Waals surface area contributed by atoms with Crippen LogP contribution in [0.2, 0.25) is 0 Å². The zero-order chi connectivity index (χ0) is 39.2. The van der Waals surface area contributed by atoms with Gasteiger partial charge in [0, 0.05) is 24.0 Å². The van der Waals surface area contributed by atoms with Crippen LogP contribution in [0.25, 0.3) is 33.3 Å². The molecule has 6 heterocycles. The van der Waals surface area contributed by atoms with Gasteiger partial charge in [-0.1, -0.05) is 0 Å². The maximum atomic E-state index is 13.2. The number of rotatable bonds is 5. The number of nitrogens with one attached hydrogen (secondary N) is 2. The minimum atomic E-state index is -5.73. The quantitative estimate of drug-likeness (QED) is 0.104. The standard InChI is InChI=1S/C21H19F6N3.C14H16F3N3O3S/c1-30-6-4-12(5-7-30)16-11-28-18-3-2-17(29-19(16)18)13-8-14(20(22,23)24)10-15(9-13)21(25,26)27;1-20-6-4-9(5-7-20)10-8-18-11-2-3-12(19-13(10)11)23-24(21,22)14(15,16)17/h2-3,8-12,28H,4-7H2,1H3;2-3,8-9,18H,4-7H2,1H3. The molecule has 0 unspecified atom stereocenters. The molecule has 292 valence electrons. The summed E-state index contributed by atoms with van der Waals surface area (Å²) in [7, 11) is -1.67. The van der Waals surface area contributed by atoms with E-state index in [9.17, 15) is 47.9 Å². The molecule has 19 heteroatoms. The fraction of sp³-hybridized carbons (Fsp3) is 0.429. The Morgan fingerprint density at radius 1 is 0.667 bits per heavy atom. The predicted octanol–water partition coefficient (Wildman–Crippen LogP) is 8.68. The third-order valence-electron chi connectivity index (χ3n) is 9.76. The number of aromatic nitrogens is 4. The van der Waals surface area contributed by atoms with Gasteiger partial charge < -0.3 is 24.0 Å². The van der Waals surface area contributed by atoms with Gasteiger partial charge in [-0.05, 0) is 125 Å². The molecule has 2 saturated heterocycles. The molecule has 0 atom stereocenters. The number of aromatic amines is 2. The molecule has 1 aromatic carbocycles. The van der Waals surface area contributed by atoms with Crippen molar-refractivity contribution in [1.82, 2.24) is 29.7 Å². The van der Waals surface area contributed by atoms with Crippen LogP contribution in [-0.4, -0.2) is 83.9 Å². The number of alkyl halides is 9. The number of nitrogens with zero attached hydrogens (tertiary/aromatic N) is 4. The molecule has 0 radical (unpaired) electrons. The van der Waals surface area contributed by atoms with Crippen LogP contribution < -0.4 is 4.18 Å². The van der Waals surface area contributed by atoms with E-state index < -0.39 is 45.0 Å². The van der Waals surface area contributed by atoms with Gasteiger partial charge in [-0.25, -0.2) is 9.97 Å². The Bertz CT molecular complexity index is 2180. The first kappa shape index (κ1) is 39.3. The Kier molecular flexibility index (Phi) is 10.7. The first-order chi connectivity index (χ1) is 25.2. The van der Waals surface area contributed by atoms with Crippen LogP contribution in [0.3, 0.4) is 0 Å². The molecule has 4 aromatic heterocycles. The van der Waals surface area contributed by atoms with E-state index in [1.165, 1.54) is 12.1 Å². The van der Waals surface area contributed by atoms with Crippen molar-refractivity contribution < 1.29 is 52.1 Å². The molecule has 0 amide bonds. The second-order valence-electron chi connectivity index (χ2n) is 13.6. The molecule has 2 N–H and O–H groups in total. The topological polar surface area (TPSA) is 107 Å². The van der Waals surface area contributed by atoms with Crippen LogP contribution in [0.1, 0.15) is 59.8 Å². The molecule has 0 aliphatic carbocycles. The number of hydrogen-bond donors (Lipinski definition) is 2. The molecule has 2 aliphatic rings. The van der Waals surface area contributed by atoms with Crippen LogP contribution in [0.4, 0.5) is 39.5 Å². The van der Waals surface area contributed by atoms with Gasteiger partial charge in [0.1, 0.15) is 0 Å². The monoisotopic (exact) mass is 790 g/mol. The third kappa shape index (κ3) is 8.62. The molecule has 7 rings (SSSR count). The summed E-state index contributed by atoms with van der Waals surface area (Å²) < 4.78 is 143. The highest BCUT2D eigenvalue weighted by Gasteiger charge is 2.49. The van der Waals surface area contributed by atoms with Gasteiger partial charge in [-0.3, -0.25) is 0 Å². The van der Waals surface area contributed by atoms with E-state index in [1.807, 2.05) is 20.3 Å². The molecule has 0 saturated carbocycles. The van der Waals surface area contributed by atoms with Gasteiger partial charge >= 0.3 is 28.0 Å². The molecule has 5 aromatic rings. The van der Waals surface area contributed by atoms with E-state index in [-0.39, 0.29) is 29.2 Å². The number of likely N-dealkylation sites (tertiary alicyclic amines) is 2. The van der Waals surface area contributed by atoms with Gasteiger partial charge in [-0.15, -0.1) is 0 Å². The number of halogens is 9. The summed E-state index contributed by atoms with van der Waals surface area (Å²) >= 11 is 0. The van der Waals surface area contributed by atoms with E-state index >= 15 is 0 Å². The van der Waals surface area contributed by atoms with E-state index in [0.29, 0.717) is 34.2 Å². The second-order valence-corrected chi connectivity index (χ2v) is 15.1. The molecule has 9 nitrogen and oxygen atoms in total. The molecule has 0 bridgehead atoms. The largest absolute Gasteiger partial charge is 0.534 e. The summed E-state index contributed by atoms with van der Waals surface area (Å²) in [5, 5.41) is 0. The van der Waals surface area contributed by atoms with Gasteiger partial charge in [0.2, 0.25) is 5.88 Å². The first-order valence-electron chi connectivity index (χ1n) is 16.8. The normalized spacial score (nSPS) is 17.5. The zero-order valence-electron chi connectivity index (χ0n) is 28.8. The van der Waals surface area contributed by atoms with Crippen LogP contribution >= 0.6 is 0 Å². The number of piperidine rings is 2. The van der Waals surface area contributed by atoms with Crippen molar-refractivity contribution in [3.63, 3.8) is 0 Å². The summed E-state index contributed by atoms with van der Waals surface area (Å²) in [6, 6.07) is 7.19. The van der Waals surface area contributed by atoms with Crippen molar-refractivity contribution in [2.75, 3.05) is 40.3 Å². The number of hydrogen-bond acceptors (Lipinski definition) is 7. The summed E-state index contributed by atoms with van der Waals surface area (Å²) in [6.07, 6.45) is -2.55. The van der Waals surface area contributed by atoms with Crippen molar-refractivity contribution in [3.8, 4) is 17.1 Å². The van der Waals surface area contributed by atoms with Crippen LogP contribution in [-0.2, 0) is 22.5 Å². The lowest BCUT2D eigenvalue weighted by atomic mass is 9.90. The third-order valence-corrected chi connectivity index (χ3v) is 10.7. The Labute approximate surface area is 303 Å². The summed E-state index contributed by atoms with van der Waals surface area (Å²) in [5.41, 5.74) is -4.14. The summed E-state index contributed by atoms with van der Waals surface area (Å²) in [6.45, 7) is 3.66. The number of pyridine rings is 2. The van der Waals surface area contributed by atoms with Gasteiger partial charge in [0.05, 0.1) is 38.9 Å². The predicted molar refractivity (Wildman–Crippen MR) is 182 cm³/mol. The second kappa shape index (κ2) is 14.7. The lowest BCUT2D eigenvalue weighted by molar-refractivity contribution is -0.143. The van der Waals surface area contributed by atoms with Crippen molar-refractivity contribution in [3.05, 3.63) is 77.1 Å². The van der Waals surface area contributed by atoms with Crippen molar-refractivity contribution in [2.45, 2.75) is 55.4 Å². The SMILES string of the molecule is CN1CCC(c2c[nH]c3ccc(-c4cc(C(F)(F)F)cc(C(F)(F)F)c4)nc23)CC1.CN1CCC(c2c[nH]c3ccc(OS(=O)(=O)C(F)(F)F)nc23)CC1. The molecular formula is C35H35F9N6O3S. The van der Waals surface area contributed by atoms with Gasteiger partial charge in [0.25, 0.3) is 0 Å². The van der Waals surface area contributed by atoms with E-state index in [2.05, 4.69) is 33.9 Å². The average molecular weight is 791 g/mol. The Morgan fingerprint density at radius 3 is 1.56 bits per heavy atom. The van der Waals surface area contributed by atoms with E-state index in [1.54, 1.807) is 12.3 Å². The van der Waals surface area contributed by atoms with E-state index in [4.69, 9.17) is 0 Å². The lowest BCUT2D eigenvalue weighted by Crippen LogP contribution is -2.29. The smallest absolute Gasteiger partial charge is 0.360 e. The highest BCUT2D eigenvalue weighted by Crippen LogP contribution is 2.40. The van der Waals surface area contributed by atoms with Crippen molar-refractivity contribution in [2.24, 2.45) is 0 Å². The molecule has 0 spiro atoms. The molecule has 2 fully saturated rings. The Hall–Kier alpha value is -4.36. The van der Waals surface area contributed by atoms with Gasteiger partial charge in [-0.2, -0.15) is 47.9 Å². The minimum absolute atomic E-state index is 0.0767. The zero-order valence-corrected chi connectivity index (χ0v) is 29.6. The Balaban J connectivity index is 0.000000189. The fourth-order valence-electron chi connectivity index (χ4n) is 6.75. The highest BCUT2D eigenvalue weighted by molar-refractivity contribution is 7.87. The fourth-order valence-corrected chi connectivity index (χ4v) is 7.16. The van der Waals surface area contributed by atoms with Crippen molar-refractivity contribution >= 4 is 32.2 Å². The summed E-state index contributed by atoms with van der Waals surface area (Å²) in [5.74, 6) is -0.129. The minimum Gasteiger partial charge on any atom is -0.360 e. The van der Waals surface area contributed by atoms with Gasteiger partial charge in [0.15, 0.2) is 0 Å². The first-order valence-corrected chi connectivity index (χ1v) is 18.2. The number of benzene rings is 1. The van der Waals surface area contributed by atoms with E-state index in [0.717, 1.165) is 69.1 Å². The van der Waals surface area contributed by atoms with Crippen LogP contribution in [0.15, 0.2) is 54.9 Å². The van der Waals surface area contributed by atoms with Crippen molar-refractivity contribution in [1.29, 1.82) is 0 Å². The van der Waals surface area contributed by atoms with Crippen LogP contribution in [0.5, 0.6) is 5.88 Å².